The lowest BCUT2D eigenvalue weighted by Crippen LogP contribution is -2.30. The van der Waals surface area contributed by atoms with E-state index in [1.54, 1.807) is 0 Å². The van der Waals surface area contributed by atoms with Crippen LogP contribution in [0.1, 0.15) is 6.92 Å². The molecule has 0 bridgehead atoms. The first-order valence-electron chi connectivity index (χ1n) is 3.76. The van der Waals surface area contributed by atoms with E-state index in [-0.39, 0.29) is 6.67 Å². The number of rotatable bonds is 6. The molecule has 0 aromatic rings. The summed E-state index contributed by atoms with van der Waals surface area (Å²) < 4.78 is 11.5. The van der Waals surface area contributed by atoms with E-state index >= 15 is 0 Å². The van der Waals surface area contributed by atoms with Crippen molar-refractivity contribution in [3.8, 4) is 0 Å². The summed E-state index contributed by atoms with van der Waals surface area (Å²) in [4.78, 5) is 2.19. The number of nitrogens with zero attached hydrogens (tertiary/aromatic N) is 1. The molecule has 0 saturated heterocycles. The molecule has 0 aromatic heterocycles. The highest BCUT2D eigenvalue weighted by atomic mass is 19.1. The van der Waals surface area contributed by atoms with E-state index in [4.69, 9.17) is 0 Å². The van der Waals surface area contributed by atoms with Gasteiger partial charge in [0.25, 0.3) is 0 Å². The van der Waals surface area contributed by atoms with Gasteiger partial charge in [-0.3, -0.25) is 0 Å². The largest absolute Gasteiger partial charge is 0.313 e. The maximum atomic E-state index is 11.5. The van der Waals surface area contributed by atoms with Gasteiger partial charge in [-0.2, -0.15) is 0 Å². The monoisotopic (exact) mass is 148 g/mol. The van der Waals surface area contributed by atoms with E-state index in [9.17, 15) is 4.39 Å². The average molecular weight is 148 g/mol. The third-order valence-corrected chi connectivity index (χ3v) is 1.48. The second kappa shape index (κ2) is 6.96. The number of halogens is 1. The van der Waals surface area contributed by atoms with Crippen molar-refractivity contribution in [1.82, 2.24) is 10.2 Å². The Balaban J connectivity index is 2.89. The maximum absolute atomic E-state index is 11.5. The zero-order valence-corrected chi connectivity index (χ0v) is 6.86. The van der Waals surface area contributed by atoms with Crippen molar-refractivity contribution in [1.29, 1.82) is 0 Å². The Bertz CT molecular complexity index is 68.6. The molecule has 0 amide bonds. The third-order valence-electron chi connectivity index (χ3n) is 1.48. The Morgan fingerprint density at radius 2 is 2.10 bits per heavy atom. The van der Waals surface area contributed by atoms with Gasteiger partial charge in [0.05, 0.1) is 0 Å². The fourth-order valence-corrected chi connectivity index (χ4v) is 0.620. The Morgan fingerprint density at radius 1 is 1.40 bits per heavy atom. The summed E-state index contributed by atoms with van der Waals surface area (Å²) in [5.74, 6) is 0. The summed E-state index contributed by atoms with van der Waals surface area (Å²) in [6.07, 6.45) is 0. The first kappa shape index (κ1) is 9.85. The van der Waals surface area contributed by atoms with E-state index in [1.165, 1.54) is 0 Å². The van der Waals surface area contributed by atoms with Crippen molar-refractivity contribution in [2.45, 2.75) is 6.92 Å². The van der Waals surface area contributed by atoms with Gasteiger partial charge in [-0.05, 0) is 13.6 Å². The van der Waals surface area contributed by atoms with Gasteiger partial charge in [-0.1, -0.05) is 6.92 Å². The summed E-state index contributed by atoms with van der Waals surface area (Å²) in [5, 5.41) is 2.98. The maximum Gasteiger partial charge on any atom is 0.102 e. The van der Waals surface area contributed by atoms with Crippen LogP contribution in [-0.4, -0.2) is 44.8 Å². The van der Waals surface area contributed by atoms with Crippen molar-refractivity contribution in [2.24, 2.45) is 0 Å². The molecule has 10 heavy (non-hydrogen) atoms. The van der Waals surface area contributed by atoms with Crippen LogP contribution in [0.4, 0.5) is 4.39 Å². The summed E-state index contributed by atoms with van der Waals surface area (Å²) in [5.41, 5.74) is 0. The molecular weight excluding hydrogens is 131 g/mol. The van der Waals surface area contributed by atoms with Crippen LogP contribution in [0.25, 0.3) is 0 Å². The molecule has 0 aliphatic heterocycles. The van der Waals surface area contributed by atoms with Gasteiger partial charge in [0.1, 0.15) is 6.67 Å². The molecule has 0 aliphatic carbocycles. The van der Waals surface area contributed by atoms with Crippen molar-refractivity contribution in [3.05, 3.63) is 0 Å². The molecule has 0 heterocycles. The molecule has 2 nitrogen and oxygen atoms in total. The molecule has 62 valence electrons. The molecule has 0 atom stereocenters. The van der Waals surface area contributed by atoms with Crippen LogP contribution >= 0.6 is 0 Å². The number of nitrogens with one attached hydrogen (secondary N) is 1. The molecule has 0 spiro atoms. The van der Waals surface area contributed by atoms with Crippen LogP contribution in [0.3, 0.4) is 0 Å². The van der Waals surface area contributed by atoms with Gasteiger partial charge >= 0.3 is 0 Å². The summed E-state index contributed by atoms with van der Waals surface area (Å²) in [6.45, 7) is 5.25. The first-order chi connectivity index (χ1) is 4.81. The normalized spacial score (nSPS) is 10.8. The number of hydrogen-bond donors (Lipinski definition) is 1. The van der Waals surface area contributed by atoms with E-state index < -0.39 is 0 Å². The molecule has 0 aliphatic rings. The molecular formula is C7H17FN2. The van der Waals surface area contributed by atoms with Gasteiger partial charge in [0.15, 0.2) is 0 Å². The van der Waals surface area contributed by atoms with Gasteiger partial charge in [0.2, 0.25) is 0 Å². The number of alkyl halides is 1. The van der Waals surface area contributed by atoms with Crippen molar-refractivity contribution < 1.29 is 4.39 Å². The Morgan fingerprint density at radius 3 is 2.60 bits per heavy atom. The third kappa shape index (κ3) is 5.98. The Kier molecular flexibility index (Phi) is 6.86. The van der Waals surface area contributed by atoms with Gasteiger partial charge < -0.3 is 10.2 Å². The average Bonchev–Trinajstić information content (AvgIpc) is 1.98. The van der Waals surface area contributed by atoms with Crippen molar-refractivity contribution in [2.75, 3.05) is 39.9 Å². The molecule has 0 radical (unpaired) electrons. The van der Waals surface area contributed by atoms with E-state index in [1.807, 2.05) is 0 Å². The Labute approximate surface area is 62.4 Å². The zero-order chi connectivity index (χ0) is 7.82. The predicted octanol–water partition coefficient (Wildman–Crippen LogP) is 0.497. The lowest BCUT2D eigenvalue weighted by molar-refractivity contribution is 0.344. The minimum absolute atomic E-state index is 0.268. The highest BCUT2D eigenvalue weighted by Gasteiger charge is 1.91. The SMILES string of the molecule is CCN(C)CCNCCF. The lowest BCUT2D eigenvalue weighted by atomic mass is 10.5. The van der Waals surface area contributed by atoms with Gasteiger partial charge in [0, 0.05) is 19.6 Å². The zero-order valence-electron chi connectivity index (χ0n) is 6.86. The quantitative estimate of drug-likeness (QED) is 0.552. The fraction of sp³-hybridized carbons (Fsp3) is 1.00. The van der Waals surface area contributed by atoms with Crippen molar-refractivity contribution >= 4 is 0 Å². The fourth-order valence-electron chi connectivity index (χ4n) is 0.620. The van der Waals surface area contributed by atoms with E-state index in [2.05, 4.69) is 24.2 Å². The molecule has 0 unspecified atom stereocenters. The Hall–Kier alpha value is -0.150. The minimum atomic E-state index is -0.268. The standard InChI is InChI=1S/C7H17FN2/c1-3-10(2)7-6-9-5-4-8/h9H,3-7H2,1-2H3. The molecule has 0 aromatic carbocycles. The smallest absolute Gasteiger partial charge is 0.102 e. The number of likely N-dealkylation sites (N-methyl/N-ethyl adjacent to an activating group) is 1. The molecule has 1 N–H and O–H groups in total. The van der Waals surface area contributed by atoms with Gasteiger partial charge in [-0.15, -0.1) is 0 Å². The predicted molar refractivity (Wildman–Crippen MR) is 42.0 cm³/mol. The van der Waals surface area contributed by atoms with Crippen LogP contribution in [-0.2, 0) is 0 Å². The highest BCUT2D eigenvalue weighted by Crippen LogP contribution is 1.76. The van der Waals surface area contributed by atoms with E-state index in [0.29, 0.717) is 6.54 Å². The van der Waals surface area contributed by atoms with Crippen molar-refractivity contribution in [3.63, 3.8) is 0 Å². The van der Waals surface area contributed by atoms with Crippen LogP contribution in [0.5, 0.6) is 0 Å². The summed E-state index contributed by atoms with van der Waals surface area (Å²) >= 11 is 0. The van der Waals surface area contributed by atoms with E-state index in [0.717, 1.165) is 19.6 Å². The molecule has 0 rings (SSSR count). The second-order valence-electron chi connectivity index (χ2n) is 2.33. The second-order valence-corrected chi connectivity index (χ2v) is 2.33. The highest BCUT2D eigenvalue weighted by molar-refractivity contribution is 4.51. The molecule has 3 heteroatoms. The van der Waals surface area contributed by atoms with Crippen LogP contribution in [0.2, 0.25) is 0 Å². The van der Waals surface area contributed by atoms with Crippen LogP contribution in [0, 0.1) is 0 Å². The first-order valence-corrected chi connectivity index (χ1v) is 3.76. The van der Waals surface area contributed by atoms with Crippen LogP contribution in [0.15, 0.2) is 0 Å². The molecule has 0 saturated carbocycles. The molecule has 0 fully saturated rings. The summed E-state index contributed by atoms with van der Waals surface area (Å²) in [6, 6.07) is 0. The number of hydrogen-bond acceptors (Lipinski definition) is 2. The minimum Gasteiger partial charge on any atom is -0.313 e. The topological polar surface area (TPSA) is 15.3 Å². The summed E-state index contributed by atoms with van der Waals surface area (Å²) in [7, 11) is 2.05. The van der Waals surface area contributed by atoms with Gasteiger partial charge in [-0.25, -0.2) is 4.39 Å². The lowest BCUT2D eigenvalue weighted by Gasteiger charge is -2.13. The van der Waals surface area contributed by atoms with Crippen LogP contribution < -0.4 is 5.32 Å².